The third-order valence-corrected chi connectivity index (χ3v) is 4.70. The lowest BCUT2D eigenvalue weighted by molar-refractivity contribution is -0.149. The molecule has 4 rings (SSSR count). The Kier molecular flexibility index (Phi) is 4.61. The average molecular weight is 377 g/mol. The summed E-state index contributed by atoms with van der Waals surface area (Å²) in [7, 11) is 0. The summed E-state index contributed by atoms with van der Waals surface area (Å²) in [6.45, 7) is 1.87. The van der Waals surface area contributed by atoms with Gasteiger partial charge in [-0.3, -0.25) is 9.59 Å². The Morgan fingerprint density at radius 1 is 1.07 bits per heavy atom. The quantitative estimate of drug-likeness (QED) is 0.518. The van der Waals surface area contributed by atoms with Crippen LogP contribution in [0.2, 0.25) is 0 Å². The fraction of sp³-hybridized carbons (Fsp3) is 0.182. The molecule has 1 aliphatic rings. The summed E-state index contributed by atoms with van der Waals surface area (Å²) in [5, 5.41) is 11.4. The van der Waals surface area contributed by atoms with Crippen LogP contribution in [0.25, 0.3) is 22.2 Å². The number of nitrogens with one attached hydrogen (secondary N) is 1. The highest BCUT2D eigenvalue weighted by molar-refractivity contribution is 6.02. The second kappa shape index (κ2) is 7.23. The van der Waals surface area contributed by atoms with Gasteiger partial charge in [-0.25, -0.2) is 0 Å². The van der Waals surface area contributed by atoms with Crippen molar-refractivity contribution >= 4 is 34.2 Å². The molecule has 142 valence electrons. The van der Waals surface area contributed by atoms with Gasteiger partial charge in [-0.05, 0) is 24.6 Å². The van der Waals surface area contributed by atoms with Crippen LogP contribution >= 0.6 is 0 Å². The standard InChI is InChI=1S/C22H19NO5/c1-2-27-18(24)12-19(25)28-22-15-9-5-6-10-17(15)23-20(22)16-11-13-7-3-4-8-14(13)21(16)26/h3-10,23,26H,2,11-12H2,1H3. The molecule has 2 N–H and O–H groups in total. The maximum Gasteiger partial charge on any atom is 0.322 e. The molecule has 3 aromatic rings. The molecule has 0 saturated heterocycles. The first kappa shape index (κ1) is 17.9. The van der Waals surface area contributed by atoms with Crippen LogP contribution in [-0.4, -0.2) is 28.6 Å². The Balaban J connectivity index is 1.74. The molecule has 1 aromatic heterocycles. The van der Waals surface area contributed by atoms with Crippen molar-refractivity contribution in [3.8, 4) is 5.75 Å². The Labute approximate surface area is 161 Å². The molecule has 6 heteroatoms. The minimum absolute atomic E-state index is 0.157. The monoisotopic (exact) mass is 377 g/mol. The minimum atomic E-state index is -0.708. The van der Waals surface area contributed by atoms with E-state index >= 15 is 0 Å². The van der Waals surface area contributed by atoms with Gasteiger partial charge >= 0.3 is 11.9 Å². The number of aromatic nitrogens is 1. The van der Waals surface area contributed by atoms with Crippen LogP contribution in [-0.2, 0) is 20.7 Å². The summed E-state index contributed by atoms with van der Waals surface area (Å²) in [6, 6.07) is 15.0. The molecule has 0 amide bonds. The number of ether oxygens (including phenoxy) is 2. The number of aliphatic hydroxyl groups excluding tert-OH is 1. The van der Waals surface area contributed by atoms with E-state index in [0.29, 0.717) is 28.8 Å². The fourth-order valence-corrected chi connectivity index (χ4v) is 3.46. The molecule has 6 nitrogen and oxygen atoms in total. The van der Waals surface area contributed by atoms with E-state index in [9.17, 15) is 14.7 Å². The number of benzene rings is 2. The van der Waals surface area contributed by atoms with E-state index in [-0.39, 0.29) is 12.4 Å². The Bertz CT molecular complexity index is 1110. The molecular formula is C22H19NO5. The molecule has 0 unspecified atom stereocenters. The number of esters is 2. The molecule has 0 radical (unpaired) electrons. The number of aliphatic hydroxyl groups is 1. The van der Waals surface area contributed by atoms with E-state index in [1.807, 2.05) is 48.5 Å². The number of H-pyrrole nitrogens is 1. The number of rotatable bonds is 5. The van der Waals surface area contributed by atoms with E-state index in [4.69, 9.17) is 9.47 Å². The van der Waals surface area contributed by atoms with Crippen LogP contribution in [0, 0.1) is 0 Å². The lowest BCUT2D eigenvalue weighted by atomic mass is 10.1. The average Bonchev–Trinajstić information content (AvgIpc) is 3.20. The zero-order chi connectivity index (χ0) is 19.7. The highest BCUT2D eigenvalue weighted by atomic mass is 16.6. The van der Waals surface area contributed by atoms with Crippen LogP contribution in [0.3, 0.4) is 0 Å². The van der Waals surface area contributed by atoms with Crippen LogP contribution in [0.5, 0.6) is 5.75 Å². The first-order valence-electron chi connectivity index (χ1n) is 9.06. The molecule has 0 saturated carbocycles. The zero-order valence-corrected chi connectivity index (χ0v) is 15.3. The van der Waals surface area contributed by atoms with Gasteiger partial charge < -0.3 is 19.6 Å². The molecule has 0 spiro atoms. The second-order valence-corrected chi connectivity index (χ2v) is 6.49. The van der Waals surface area contributed by atoms with E-state index in [2.05, 4.69) is 4.98 Å². The molecule has 0 aliphatic heterocycles. The number of carbonyl (C=O) groups is 2. The first-order valence-corrected chi connectivity index (χ1v) is 9.06. The van der Waals surface area contributed by atoms with Gasteiger partial charge in [0, 0.05) is 28.5 Å². The molecule has 2 aromatic carbocycles. The van der Waals surface area contributed by atoms with E-state index in [0.717, 1.165) is 16.6 Å². The van der Waals surface area contributed by atoms with E-state index < -0.39 is 18.4 Å². The number of aromatic amines is 1. The van der Waals surface area contributed by atoms with Crippen molar-refractivity contribution in [2.75, 3.05) is 6.61 Å². The highest BCUT2D eigenvalue weighted by Crippen LogP contribution is 2.42. The first-order chi connectivity index (χ1) is 13.6. The van der Waals surface area contributed by atoms with Crippen molar-refractivity contribution in [1.82, 2.24) is 4.98 Å². The van der Waals surface area contributed by atoms with Crippen LogP contribution in [0.4, 0.5) is 0 Å². The Morgan fingerprint density at radius 3 is 2.61 bits per heavy atom. The van der Waals surface area contributed by atoms with Crippen LogP contribution < -0.4 is 4.74 Å². The number of para-hydroxylation sites is 1. The number of hydrogen-bond donors (Lipinski definition) is 2. The summed E-state index contributed by atoms with van der Waals surface area (Å²) in [5.41, 5.74) is 3.72. The zero-order valence-electron chi connectivity index (χ0n) is 15.3. The molecule has 0 bridgehead atoms. The van der Waals surface area contributed by atoms with Crippen molar-refractivity contribution in [3.63, 3.8) is 0 Å². The second-order valence-electron chi connectivity index (χ2n) is 6.49. The van der Waals surface area contributed by atoms with Gasteiger partial charge in [0.15, 0.2) is 5.75 Å². The predicted octanol–water partition coefficient (Wildman–Crippen LogP) is 4.01. The molecule has 28 heavy (non-hydrogen) atoms. The molecular weight excluding hydrogens is 358 g/mol. The maximum atomic E-state index is 12.3. The van der Waals surface area contributed by atoms with Gasteiger partial charge in [0.1, 0.15) is 12.2 Å². The van der Waals surface area contributed by atoms with Gasteiger partial charge in [-0.15, -0.1) is 0 Å². The number of allylic oxidation sites excluding steroid dienone is 1. The van der Waals surface area contributed by atoms with Crippen molar-refractivity contribution in [3.05, 3.63) is 65.4 Å². The van der Waals surface area contributed by atoms with Crippen molar-refractivity contribution < 1.29 is 24.2 Å². The van der Waals surface area contributed by atoms with Crippen molar-refractivity contribution in [1.29, 1.82) is 0 Å². The van der Waals surface area contributed by atoms with Gasteiger partial charge in [-0.2, -0.15) is 0 Å². The number of carbonyl (C=O) groups excluding carboxylic acids is 2. The van der Waals surface area contributed by atoms with E-state index in [1.54, 1.807) is 6.92 Å². The van der Waals surface area contributed by atoms with Gasteiger partial charge in [0.05, 0.1) is 12.3 Å². The summed E-state index contributed by atoms with van der Waals surface area (Å²) in [4.78, 5) is 27.1. The number of hydrogen-bond acceptors (Lipinski definition) is 5. The lowest BCUT2D eigenvalue weighted by Gasteiger charge is -2.08. The summed E-state index contributed by atoms with van der Waals surface area (Å²) >= 11 is 0. The fourth-order valence-electron chi connectivity index (χ4n) is 3.46. The summed E-state index contributed by atoms with van der Waals surface area (Å²) < 4.78 is 10.4. The van der Waals surface area contributed by atoms with Gasteiger partial charge in [0.2, 0.25) is 0 Å². The molecule has 0 atom stereocenters. The van der Waals surface area contributed by atoms with Crippen molar-refractivity contribution in [2.45, 2.75) is 19.8 Å². The highest BCUT2D eigenvalue weighted by Gasteiger charge is 2.28. The van der Waals surface area contributed by atoms with Crippen LogP contribution in [0.15, 0.2) is 48.5 Å². The SMILES string of the molecule is CCOC(=O)CC(=O)Oc1c(C2=C(O)c3ccccc3C2)[nH]c2ccccc12. The Hall–Kier alpha value is -3.54. The topological polar surface area (TPSA) is 88.6 Å². The summed E-state index contributed by atoms with van der Waals surface area (Å²) in [5.74, 6) is -0.881. The van der Waals surface area contributed by atoms with E-state index in [1.165, 1.54) is 0 Å². The predicted molar refractivity (Wildman–Crippen MR) is 105 cm³/mol. The smallest absolute Gasteiger partial charge is 0.322 e. The normalized spacial score (nSPS) is 12.9. The van der Waals surface area contributed by atoms with Gasteiger partial charge in [0.25, 0.3) is 0 Å². The Morgan fingerprint density at radius 2 is 1.82 bits per heavy atom. The summed E-state index contributed by atoms with van der Waals surface area (Å²) in [6.07, 6.45) is 0.0370. The van der Waals surface area contributed by atoms with Crippen LogP contribution in [0.1, 0.15) is 30.2 Å². The third-order valence-electron chi connectivity index (χ3n) is 4.70. The molecule has 1 aliphatic carbocycles. The van der Waals surface area contributed by atoms with Gasteiger partial charge in [-0.1, -0.05) is 36.4 Å². The largest absolute Gasteiger partial charge is 0.507 e. The molecule has 0 fully saturated rings. The third kappa shape index (κ3) is 3.13. The van der Waals surface area contributed by atoms with Crippen molar-refractivity contribution in [2.24, 2.45) is 0 Å². The number of fused-ring (bicyclic) bond motifs is 2. The maximum absolute atomic E-state index is 12.3. The lowest BCUT2D eigenvalue weighted by Crippen LogP contribution is -2.16. The minimum Gasteiger partial charge on any atom is -0.507 e. The molecule has 1 heterocycles.